The number of benzene rings is 1. The number of hydrogen-bond donors (Lipinski definition) is 2. The Bertz CT molecular complexity index is 342. The van der Waals surface area contributed by atoms with Gasteiger partial charge in [-0.25, -0.2) is 0 Å². The van der Waals surface area contributed by atoms with Crippen molar-refractivity contribution in [3.05, 3.63) is 29.8 Å². The Morgan fingerprint density at radius 3 is 2.75 bits per heavy atom. The molecule has 4 heteroatoms. The van der Waals surface area contributed by atoms with Crippen LogP contribution < -0.4 is 10.6 Å². The summed E-state index contributed by atoms with van der Waals surface area (Å²) in [6, 6.07) is 7.65. The topological polar surface area (TPSA) is 41.1 Å². The monoisotopic (exact) mass is 238 g/mol. The molecule has 0 unspecified atom stereocenters. The first-order chi connectivity index (χ1) is 7.79. The molecule has 0 atom stereocenters. The lowest BCUT2D eigenvalue weighted by Gasteiger charge is -2.08. The summed E-state index contributed by atoms with van der Waals surface area (Å²) in [5.74, 6) is 0.00264. The second kappa shape index (κ2) is 7.30. The third-order valence-corrected chi connectivity index (χ3v) is 2.98. The number of carbonyl (C=O) groups excluding carboxylic acids is 1. The van der Waals surface area contributed by atoms with Gasteiger partial charge in [-0.1, -0.05) is 19.1 Å². The second-order valence-electron chi connectivity index (χ2n) is 3.31. The molecule has 0 radical (unpaired) electrons. The van der Waals surface area contributed by atoms with Gasteiger partial charge in [0.25, 0.3) is 5.91 Å². The average molecular weight is 238 g/mol. The Labute approximate surface area is 101 Å². The van der Waals surface area contributed by atoms with Gasteiger partial charge in [0, 0.05) is 18.0 Å². The minimum Gasteiger partial charge on any atom is -0.351 e. The van der Waals surface area contributed by atoms with E-state index in [1.807, 2.05) is 37.4 Å². The zero-order valence-electron chi connectivity index (χ0n) is 9.75. The fraction of sp³-hybridized carbons (Fsp3) is 0.417. The molecule has 1 aromatic rings. The second-order valence-corrected chi connectivity index (χ2v) is 4.16. The maximum absolute atomic E-state index is 11.8. The van der Waals surface area contributed by atoms with Gasteiger partial charge in [0.2, 0.25) is 0 Å². The van der Waals surface area contributed by atoms with Crippen LogP contribution in [-0.2, 0) is 0 Å². The lowest BCUT2D eigenvalue weighted by atomic mass is 10.2. The van der Waals surface area contributed by atoms with Crippen molar-refractivity contribution in [2.75, 3.05) is 25.9 Å². The molecule has 0 fully saturated rings. The third kappa shape index (κ3) is 3.87. The zero-order chi connectivity index (χ0) is 11.8. The van der Waals surface area contributed by atoms with Crippen LogP contribution in [0.15, 0.2) is 29.2 Å². The van der Waals surface area contributed by atoms with Crippen LogP contribution in [-0.4, -0.2) is 31.8 Å². The molecule has 3 nitrogen and oxygen atoms in total. The van der Waals surface area contributed by atoms with E-state index in [-0.39, 0.29) is 5.91 Å². The van der Waals surface area contributed by atoms with E-state index in [0.29, 0.717) is 6.54 Å². The van der Waals surface area contributed by atoms with Gasteiger partial charge in [-0.3, -0.25) is 4.79 Å². The summed E-state index contributed by atoms with van der Waals surface area (Å²) in [4.78, 5) is 12.9. The number of likely N-dealkylation sites (N-methyl/N-ethyl adjacent to an activating group) is 1. The number of nitrogens with one attached hydrogen (secondary N) is 2. The fourth-order valence-electron chi connectivity index (χ4n) is 1.37. The summed E-state index contributed by atoms with van der Waals surface area (Å²) < 4.78 is 0. The first-order valence-electron chi connectivity index (χ1n) is 5.41. The molecule has 1 rings (SSSR count). The SMILES string of the molecule is CCNCCNC(=O)c1ccccc1SC. The summed E-state index contributed by atoms with van der Waals surface area (Å²) >= 11 is 1.59. The standard InChI is InChI=1S/C12H18N2OS/c1-3-13-8-9-14-12(15)10-6-4-5-7-11(10)16-2/h4-7,13H,3,8-9H2,1-2H3,(H,14,15). The van der Waals surface area contributed by atoms with Gasteiger partial charge in [-0.2, -0.15) is 0 Å². The molecule has 0 bridgehead atoms. The van der Waals surface area contributed by atoms with Crippen molar-refractivity contribution >= 4 is 17.7 Å². The van der Waals surface area contributed by atoms with E-state index in [2.05, 4.69) is 10.6 Å². The molecule has 88 valence electrons. The number of carbonyl (C=O) groups is 1. The van der Waals surface area contributed by atoms with E-state index in [1.165, 1.54) is 0 Å². The van der Waals surface area contributed by atoms with Gasteiger partial charge in [0.05, 0.1) is 5.56 Å². The van der Waals surface area contributed by atoms with Crippen molar-refractivity contribution < 1.29 is 4.79 Å². The van der Waals surface area contributed by atoms with Crippen LogP contribution in [0.2, 0.25) is 0 Å². The molecule has 1 aromatic carbocycles. The zero-order valence-corrected chi connectivity index (χ0v) is 10.6. The smallest absolute Gasteiger partial charge is 0.252 e. The normalized spacial score (nSPS) is 10.1. The predicted molar refractivity (Wildman–Crippen MR) is 69.1 cm³/mol. The van der Waals surface area contributed by atoms with Gasteiger partial charge in [-0.15, -0.1) is 11.8 Å². The number of amides is 1. The Balaban J connectivity index is 2.52. The van der Waals surface area contributed by atoms with Crippen molar-refractivity contribution in [2.24, 2.45) is 0 Å². The average Bonchev–Trinajstić information content (AvgIpc) is 2.34. The van der Waals surface area contributed by atoms with E-state index < -0.39 is 0 Å². The van der Waals surface area contributed by atoms with Crippen LogP contribution in [0.5, 0.6) is 0 Å². The highest BCUT2D eigenvalue weighted by molar-refractivity contribution is 7.98. The predicted octanol–water partition coefficient (Wildman–Crippen LogP) is 1.75. The highest BCUT2D eigenvalue weighted by atomic mass is 32.2. The van der Waals surface area contributed by atoms with E-state index >= 15 is 0 Å². The quantitative estimate of drug-likeness (QED) is 0.586. The van der Waals surface area contributed by atoms with Gasteiger partial charge >= 0.3 is 0 Å². The van der Waals surface area contributed by atoms with Crippen LogP contribution in [0.3, 0.4) is 0 Å². The maximum atomic E-state index is 11.8. The van der Waals surface area contributed by atoms with Crippen LogP contribution in [0.25, 0.3) is 0 Å². The molecule has 2 N–H and O–H groups in total. The van der Waals surface area contributed by atoms with Crippen LogP contribution >= 0.6 is 11.8 Å². The van der Waals surface area contributed by atoms with Gasteiger partial charge in [0.15, 0.2) is 0 Å². The largest absolute Gasteiger partial charge is 0.351 e. The minimum absolute atomic E-state index is 0.00264. The van der Waals surface area contributed by atoms with Crippen molar-refractivity contribution in [2.45, 2.75) is 11.8 Å². The Morgan fingerprint density at radius 2 is 2.06 bits per heavy atom. The Hall–Kier alpha value is -1.00. The number of rotatable bonds is 6. The molecule has 0 aliphatic heterocycles. The number of hydrogen-bond acceptors (Lipinski definition) is 3. The van der Waals surface area contributed by atoms with Crippen LogP contribution in [0, 0.1) is 0 Å². The first kappa shape index (κ1) is 13.1. The van der Waals surface area contributed by atoms with Crippen molar-refractivity contribution in [3.8, 4) is 0 Å². The molecular weight excluding hydrogens is 220 g/mol. The Kier molecular flexibility index (Phi) is 5.96. The van der Waals surface area contributed by atoms with E-state index in [4.69, 9.17) is 0 Å². The van der Waals surface area contributed by atoms with E-state index in [1.54, 1.807) is 11.8 Å². The maximum Gasteiger partial charge on any atom is 0.252 e. The van der Waals surface area contributed by atoms with Crippen molar-refractivity contribution in [1.82, 2.24) is 10.6 Å². The van der Waals surface area contributed by atoms with Crippen molar-refractivity contribution in [3.63, 3.8) is 0 Å². The highest BCUT2D eigenvalue weighted by Crippen LogP contribution is 2.19. The lowest BCUT2D eigenvalue weighted by molar-refractivity contribution is 0.0951. The molecule has 0 aliphatic carbocycles. The third-order valence-electron chi connectivity index (χ3n) is 2.19. The molecule has 0 saturated carbocycles. The molecular formula is C12H18N2OS. The molecule has 0 heterocycles. The van der Waals surface area contributed by atoms with E-state index in [9.17, 15) is 4.79 Å². The number of thioether (sulfide) groups is 1. The van der Waals surface area contributed by atoms with Gasteiger partial charge in [-0.05, 0) is 24.9 Å². The fourth-order valence-corrected chi connectivity index (χ4v) is 1.96. The molecule has 0 aliphatic rings. The summed E-state index contributed by atoms with van der Waals surface area (Å²) in [6.45, 7) is 4.45. The lowest BCUT2D eigenvalue weighted by Crippen LogP contribution is -2.31. The molecule has 16 heavy (non-hydrogen) atoms. The molecule has 0 spiro atoms. The van der Waals surface area contributed by atoms with Crippen molar-refractivity contribution in [1.29, 1.82) is 0 Å². The summed E-state index contributed by atoms with van der Waals surface area (Å²) in [5.41, 5.74) is 0.756. The Morgan fingerprint density at radius 1 is 1.31 bits per heavy atom. The van der Waals surface area contributed by atoms with Crippen LogP contribution in [0.1, 0.15) is 17.3 Å². The van der Waals surface area contributed by atoms with Gasteiger partial charge < -0.3 is 10.6 Å². The van der Waals surface area contributed by atoms with Crippen LogP contribution in [0.4, 0.5) is 0 Å². The minimum atomic E-state index is 0.00264. The summed E-state index contributed by atoms with van der Waals surface area (Å²) in [5, 5.41) is 6.06. The molecule has 0 saturated heterocycles. The summed E-state index contributed by atoms with van der Waals surface area (Å²) in [6.07, 6.45) is 1.98. The summed E-state index contributed by atoms with van der Waals surface area (Å²) in [7, 11) is 0. The molecule has 1 amide bonds. The molecule has 0 aromatic heterocycles. The van der Waals surface area contributed by atoms with E-state index in [0.717, 1.165) is 23.5 Å². The van der Waals surface area contributed by atoms with Gasteiger partial charge in [0.1, 0.15) is 0 Å². The first-order valence-corrected chi connectivity index (χ1v) is 6.64. The highest BCUT2D eigenvalue weighted by Gasteiger charge is 2.08.